The Bertz CT molecular complexity index is 538. The highest BCUT2D eigenvalue weighted by Crippen LogP contribution is 2.46. The van der Waals surface area contributed by atoms with Gasteiger partial charge < -0.3 is 0 Å². The number of benzene rings is 1. The number of nitrogens with one attached hydrogen (secondary N) is 1. The standard InChI is InChI=1S/C14H17N3/c1-9-6-12(9)14(17-15)11-7-10-4-2-3-5-13(10)16-8-11/h2-5,7-9,12,14,17H,6,15H2,1H3. The number of pyridine rings is 1. The normalized spacial score (nSPS) is 24.8. The molecular formula is C14H17N3. The summed E-state index contributed by atoms with van der Waals surface area (Å²) in [5.41, 5.74) is 5.17. The Morgan fingerprint density at radius 1 is 1.41 bits per heavy atom. The molecule has 0 saturated heterocycles. The SMILES string of the molecule is CC1CC1C(NN)c1cnc2ccccc2c1. The largest absolute Gasteiger partial charge is 0.271 e. The maximum Gasteiger partial charge on any atom is 0.0702 e. The van der Waals surface area contributed by atoms with Crippen molar-refractivity contribution in [2.75, 3.05) is 0 Å². The summed E-state index contributed by atoms with van der Waals surface area (Å²) in [6.07, 6.45) is 3.19. The first kappa shape index (κ1) is 10.7. The van der Waals surface area contributed by atoms with Crippen LogP contribution in [0, 0.1) is 11.8 Å². The van der Waals surface area contributed by atoms with Gasteiger partial charge in [-0.2, -0.15) is 0 Å². The molecule has 3 nitrogen and oxygen atoms in total. The van der Waals surface area contributed by atoms with Crippen molar-refractivity contribution in [2.45, 2.75) is 19.4 Å². The molecule has 3 heteroatoms. The molecule has 3 unspecified atom stereocenters. The van der Waals surface area contributed by atoms with Crippen LogP contribution in [0.15, 0.2) is 36.5 Å². The predicted molar refractivity (Wildman–Crippen MR) is 69.1 cm³/mol. The molecule has 88 valence electrons. The molecule has 0 aliphatic heterocycles. The van der Waals surface area contributed by atoms with Gasteiger partial charge in [-0.3, -0.25) is 16.3 Å². The van der Waals surface area contributed by atoms with Crippen LogP contribution in [-0.4, -0.2) is 4.98 Å². The average molecular weight is 227 g/mol. The Kier molecular flexibility index (Phi) is 2.57. The van der Waals surface area contributed by atoms with E-state index in [9.17, 15) is 0 Å². The fourth-order valence-electron chi connectivity index (χ4n) is 2.54. The van der Waals surface area contributed by atoms with Crippen LogP contribution in [0.3, 0.4) is 0 Å². The molecule has 1 saturated carbocycles. The fraction of sp³-hybridized carbons (Fsp3) is 0.357. The van der Waals surface area contributed by atoms with Gasteiger partial charge in [-0.25, -0.2) is 0 Å². The minimum Gasteiger partial charge on any atom is -0.271 e. The lowest BCUT2D eigenvalue weighted by Crippen LogP contribution is -2.30. The molecule has 2 aromatic rings. The first-order chi connectivity index (χ1) is 8.29. The molecule has 1 heterocycles. The molecule has 3 rings (SSSR count). The number of hydrogen-bond acceptors (Lipinski definition) is 3. The molecule has 1 aromatic carbocycles. The number of aromatic nitrogens is 1. The topological polar surface area (TPSA) is 50.9 Å². The van der Waals surface area contributed by atoms with Gasteiger partial charge in [0.05, 0.1) is 11.6 Å². The van der Waals surface area contributed by atoms with E-state index in [-0.39, 0.29) is 6.04 Å². The highest BCUT2D eigenvalue weighted by Gasteiger charge is 2.39. The Morgan fingerprint density at radius 3 is 2.88 bits per heavy atom. The molecule has 0 radical (unpaired) electrons. The van der Waals surface area contributed by atoms with Crippen LogP contribution in [-0.2, 0) is 0 Å². The van der Waals surface area contributed by atoms with E-state index < -0.39 is 0 Å². The van der Waals surface area contributed by atoms with Crippen molar-refractivity contribution >= 4 is 10.9 Å². The molecule has 1 aromatic heterocycles. The zero-order valence-corrected chi connectivity index (χ0v) is 9.93. The second-order valence-electron chi connectivity index (χ2n) is 4.98. The van der Waals surface area contributed by atoms with Gasteiger partial charge in [-0.05, 0) is 36.0 Å². The lowest BCUT2D eigenvalue weighted by atomic mass is 10.0. The first-order valence-electron chi connectivity index (χ1n) is 6.10. The average Bonchev–Trinajstić information content (AvgIpc) is 3.07. The predicted octanol–water partition coefficient (Wildman–Crippen LogP) is 2.40. The van der Waals surface area contributed by atoms with E-state index in [1.807, 2.05) is 24.4 Å². The molecule has 1 fully saturated rings. The van der Waals surface area contributed by atoms with Crippen molar-refractivity contribution in [3.63, 3.8) is 0 Å². The van der Waals surface area contributed by atoms with Crippen LogP contribution >= 0.6 is 0 Å². The van der Waals surface area contributed by atoms with Gasteiger partial charge >= 0.3 is 0 Å². The number of nitrogens with zero attached hydrogens (tertiary/aromatic N) is 1. The zero-order chi connectivity index (χ0) is 11.8. The van der Waals surface area contributed by atoms with E-state index in [0.717, 1.165) is 11.4 Å². The monoisotopic (exact) mass is 227 g/mol. The molecular weight excluding hydrogens is 210 g/mol. The summed E-state index contributed by atoms with van der Waals surface area (Å²) in [6, 6.07) is 10.6. The molecule has 17 heavy (non-hydrogen) atoms. The highest BCUT2D eigenvalue weighted by molar-refractivity contribution is 5.78. The van der Waals surface area contributed by atoms with Gasteiger partial charge in [0.2, 0.25) is 0 Å². The number of hydrazine groups is 1. The van der Waals surface area contributed by atoms with Gasteiger partial charge in [-0.1, -0.05) is 25.1 Å². The summed E-state index contributed by atoms with van der Waals surface area (Å²) in [7, 11) is 0. The number of nitrogens with two attached hydrogens (primary N) is 1. The lowest BCUT2D eigenvalue weighted by molar-refractivity contribution is 0.475. The van der Waals surface area contributed by atoms with E-state index in [2.05, 4.69) is 29.5 Å². The summed E-state index contributed by atoms with van der Waals surface area (Å²) in [5.74, 6) is 7.10. The minimum atomic E-state index is 0.238. The van der Waals surface area contributed by atoms with Crippen LogP contribution in [0.2, 0.25) is 0 Å². The number of rotatable bonds is 3. The van der Waals surface area contributed by atoms with Crippen molar-refractivity contribution in [1.29, 1.82) is 0 Å². The number of fused-ring (bicyclic) bond motifs is 1. The molecule has 1 aliphatic rings. The maximum atomic E-state index is 5.67. The smallest absolute Gasteiger partial charge is 0.0702 e. The summed E-state index contributed by atoms with van der Waals surface area (Å²) in [5, 5.41) is 1.18. The Balaban J connectivity index is 1.99. The second-order valence-corrected chi connectivity index (χ2v) is 4.98. The van der Waals surface area contributed by atoms with Crippen LogP contribution in [0.4, 0.5) is 0 Å². The number of para-hydroxylation sites is 1. The quantitative estimate of drug-likeness (QED) is 0.625. The van der Waals surface area contributed by atoms with Gasteiger partial charge in [0, 0.05) is 11.6 Å². The van der Waals surface area contributed by atoms with Crippen LogP contribution < -0.4 is 11.3 Å². The van der Waals surface area contributed by atoms with E-state index in [0.29, 0.717) is 5.92 Å². The summed E-state index contributed by atoms with van der Waals surface area (Å²) >= 11 is 0. The van der Waals surface area contributed by atoms with E-state index in [1.54, 1.807) is 0 Å². The van der Waals surface area contributed by atoms with Crippen LogP contribution in [0.5, 0.6) is 0 Å². The third kappa shape index (κ3) is 1.92. The molecule has 3 atom stereocenters. The molecule has 1 aliphatic carbocycles. The molecule has 0 amide bonds. The molecule has 0 spiro atoms. The van der Waals surface area contributed by atoms with Crippen molar-refractivity contribution in [2.24, 2.45) is 17.7 Å². The zero-order valence-electron chi connectivity index (χ0n) is 9.93. The van der Waals surface area contributed by atoms with Crippen molar-refractivity contribution in [3.05, 3.63) is 42.1 Å². The van der Waals surface area contributed by atoms with Gasteiger partial charge in [0.1, 0.15) is 0 Å². The van der Waals surface area contributed by atoms with Crippen molar-refractivity contribution in [1.82, 2.24) is 10.4 Å². The maximum absolute atomic E-state index is 5.67. The summed E-state index contributed by atoms with van der Waals surface area (Å²) in [6.45, 7) is 2.27. The minimum absolute atomic E-state index is 0.238. The lowest BCUT2D eigenvalue weighted by Gasteiger charge is -2.16. The van der Waals surface area contributed by atoms with Gasteiger partial charge in [-0.15, -0.1) is 0 Å². The van der Waals surface area contributed by atoms with Gasteiger partial charge in [0.15, 0.2) is 0 Å². The van der Waals surface area contributed by atoms with E-state index in [1.165, 1.54) is 17.4 Å². The van der Waals surface area contributed by atoms with Crippen molar-refractivity contribution < 1.29 is 0 Å². The van der Waals surface area contributed by atoms with Gasteiger partial charge in [0.25, 0.3) is 0 Å². The summed E-state index contributed by atoms with van der Waals surface area (Å²) < 4.78 is 0. The van der Waals surface area contributed by atoms with Crippen molar-refractivity contribution in [3.8, 4) is 0 Å². The van der Waals surface area contributed by atoms with E-state index >= 15 is 0 Å². The fourth-order valence-corrected chi connectivity index (χ4v) is 2.54. The second kappa shape index (κ2) is 4.09. The Labute approximate surface area is 101 Å². The third-order valence-corrected chi connectivity index (χ3v) is 3.75. The summed E-state index contributed by atoms with van der Waals surface area (Å²) in [4.78, 5) is 4.49. The van der Waals surface area contributed by atoms with Crippen LogP contribution in [0.1, 0.15) is 24.9 Å². The van der Waals surface area contributed by atoms with Crippen LogP contribution in [0.25, 0.3) is 10.9 Å². The van der Waals surface area contributed by atoms with E-state index in [4.69, 9.17) is 5.84 Å². The number of hydrogen-bond donors (Lipinski definition) is 2. The Hall–Kier alpha value is -1.45. The highest BCUT2D eigenvalue weighted by atomic mass is 15.2. The third-order valence-electron chi connectivity index (χ3n) is 3.75. The Morgan fingerprint density at radius 2 is 2.18 bits per heavy atom. The first-order valence-corrected chi connectivity index (χ1v) is 6.10. The molecule has 0 bridgehead atoms. The molecule has 3 N–H and O–H groups in total.